The lowest BCUT2D eigenvalue weighted by atomic mass is 10.2. The molecule has 1 aromatic heterocycles. The lowest BCUT2D eigenvalue weighted by molar-refractivity contribution is 0.0708. The Labute approximate surface area is 195 Å². The number of nitrogens with zero attached hydrogens (tertiary/aromatic N) is 2. The standard InChI is InChI=1S/C24H35N3O6/c1-4-5-16-32-20-10-8-19(9-11-20)24(29)27(13-7-15-31-3)17-22-26-21(18-33-22)23(28)25-12-6-14-30-2/h8-11,18H,4-7,12-17H2,1-3H3,(H,25,28). The van der Waals surface area contributed by atoms with Crippen molar-refractivity contribution >= 4 is 11.8 Å². The van der Waals surface area contributed by atoms with E-state index in [9.17, 15) is 9.59 Å². The van der Waals surface area contributed by atoms with Crippen LogP contribution in [-0.2, 0) is 16.0 Å². The van der Waals surface area contributed by atoms with E-state index in [0.29, 0.717) is 57.2 Å². The molecule has 0 fully saturated rings. The quantitative estimate of drug-likeness (QED) is 0.383. The Morgan fingerprint density at radius 2 is 1.76 bits per heavy atom. The Hall–Kier alpha value is -2.91. The normalized spacial score (nSPS) is 10.8. The van der Waals surface area contributed by atoms with Crippen molar-refractivity contribution in [1.29, 1.82) is 0 Å². The number of aromatic nitrogens is 1. The van der Waals surface area contributed by atoms with Crippen LogP contribution < -0.4 is 10.1 Å². The largest absolute Gasteiger partial charge is 0.494 e. The van der Waals surface area contributed by atoms with Crippen LogP contribution in [0.4, 0.5) is 0 Å². The topological polar surface area (TPSA) is 103 Å². The van der Waals surface area contributed by atoms with E-state index in [0.717, 1.165) is 18.6 Å². The first-order valence-electron chi connectivity index (χ1n) is 11.3. The highest BCUT2D eigenvalue weighted by molar-refractivity contribution is 5.94. The average molecular weight is 462 g/mol. The molecule has 0 aliphatic heterocycles. The van der Waals surface area contributed by atoms with Crippen LogP contribution in [0.25, 0.3) is 0 Å². The molecule has 0 aliphatic rings. The van der Waals surface area contributed by atoms with Gasteiger partial charge in [0.2, 0.25) is 5.89 Å². The van der Waals surface area contributed by atoms with Crippen LogP contribution in [-0.4, -0.2) is 68.8 Å². The summed E-state index contributed by atoms with van der Waals surface area (Å²) in [6, 6.07) is 7.10. The number of oxazole rings is 1. The number of amides is 2. The zero-order chi connectivity index (χ0) is 23.9. The van der Waals surface area contributed by atoms with Crippen molar-refractivity contribution in [3.05, 3.63) is 47.7 Å². The Kier molecular flexibility index (Phi) is 12.0. The van der Waals surface area contributed by atoms with E-state index in [1.54, 1.807) is 43.4 Å². The first-order chi connectivity index (χ1) is 16.1. The Morgan fingerprint density at radius 3 is 2.45 bits per heavy atom. The van der Waals surface area contributed by atoms with Crippen LogP contribution in [0.15, 0.2) is 34.9 Å². The highest BCUT2D eigenvalue weighted by atomic mass is 16.5. The third-order valence-corrected chi connectivity index (χ3v) is 4.85. The number of benzene rings is 1. The molecule has 182 valence electrons. The second-order valence-electron chi connectivity index (χ2n) is 7.53. The van der Waals surface area contributed by atoms with Gasteiger partial charge in [0.15, 0.2) is 5.69 Å². The van der Waals surface area contributed by atoms with Gasteiger partial charge in [-0.05, 0) is 43.5 Å². The second-order valence-corrected chi connectivity index (χ2v) is 7.53. The summed E-state index contributed by atoms with van der Waals surface area (Å²) in [5.74, 6) is 0.550. The van der Waals surface area contributed by atoms with Gasteiger partial charge in [0, 0.05) is 46.1 Å². The SMILES string of the molecule is CCCCOc1ccc(C(=O)N(CCCOC)Cc2nc(C(=O)NCCCOC)co2)cc1. The van der Waals surface area contributed by atoms with Gasteiger partial charge in [-0.2, -0.15) is 0 Å². The lowest BCUT2D eigenvalue weighted by Gasteiger charge is -2.21. The molecule has 0 bridgehead atoms. The predicted octanol–water partition coefficient (Wildman–Crippen LogP) is 3.30. The second kappa shape index (κ2) is 15.0. The molecular formula is C24H35N3O6. The summed E-state index contributed by atoms with van der Waals surface area (Å²) in [5, 5.41) is 2.76. The fourth-order valence-corrected chi connectivity index (χ4v) is 3.02. The third kappa shape index (κ3) is 9.23. The summed E-state index contributed by atoms with van der Waals surface area (Å²) >= 11 is 0. The third-order valence-electron chi connectivity index (χ3n) is 4.85. The summed E-state index contributed by atoms with van der Waals surface area (Å²) in [4.78, 5) is 31.2. The molecule has 0 aliphatic carbocycles. The number of methoxy groups -OCH3 is 2. The van der Waals surface area contributed by atoms with E-state index in [1.165, 1.54) is 6.26 Å². The van der Waals surface area contributed by atoms with Gasteiger partial charge < -0.3 is 28.8 Å². The van der Waals surface area contributed by atoms with Gasteiger partial charge in [0.25, 0.3) is 11.8 Å². The maximum Gasteiger partial charge on any atom is 0.273 e. The summed E-state index contributed by atoms with van der Waals surface area (Å²) in [5.41, 5.74) is 0.721. The molecule has 9 nitrogen and oxygen atoms in total. The van der Waals surface area contributed by atoms with Crippen molar-refractivity contribution in [2.75, 3.05) is 47.1 Å². The molecule has 0 saturated carbocycles. The summed E-state index contributed by atoms with van der Waals surface area (Å²) in [6.07, 6.45) is 4.72. The zero-order valence-electron chi connectivity index (χ0n) is 19.8. The molecule has 2 rings (SSSR count). The number of ether oxygens (including phenoxy) is 3. The zero-order valence-corrected chi connectivity index (χ0v) is 19.8. The Balaban J connectivity index is 2.01. The lowest BCUT2D eigenvalue weighted by Crippen LogP contribution is -2.32. The number of nitrogens with one attached hydrogen (secondary N) is 1. The molecule has 9 heteroatoms. The minimum Gasteiger partial charge on any atom is -0.494 e. The van der Waals surface area contributed by atoms with Gasteiger partial charge in [0.1, 0.15) is 12.0 Å². The summed E-state index contributed by atoms with van der Waals surface area (Å²) in [6.45, 7) is 4.93. The molecule has 0 atom stereocenters. The van der Waals surface area contributed by atoms with E-state index in [4.69, 9.17) is 18.6 Å². The molecule has 1 aromatic carbocycles. The predicted molar refractivity (Wildman–Crippen MR) is 123 cm³/mol. The molecule has 0 unspecified atom stereocenters. The van der Waals surface area contributed by atoms with Gasteiger partial charge in [-0.25, -0.2) is 4.98 Å². The van der Waals surface area contributed by atoms with Crippen LogP contribution in [0.3, 0.4) is 0 Å². The van der Waals surface area contributed by atoms with Crippen LogP contribution in [0.1, 0.15) is 59.3 Å². The molecule has 0 spiro atoms. The van der Waals surface area contributed by atoms with E-state index >= 15 is 0 Å². The maximum absolute atomic E-state index is 13.1. The number of rotatable bonds is 16. The number of hydrogen-bond donors (Lipinski definition) is 1. The Bertz CT molecular complexity index is 837. The molecule has 2 amide bonds. The smallest absolute Gasteiger partial charge is 0.273 e. The van der Waals surface area contributed by atoms with Gasteiger partial charge >= 0.3 is 0 Å². The van der Waals surface area contributed by atoms with Gasteiger partial charge in [-0.3, -0.25) is 9.59 Å². The summed E-state index contributed by atoms with van der Waals surface area (Å²) in [7, 11) is 3.23. The van der Waals surface area contributed by atoms with Crippen LogP contribution in [0.2, 0.25) is 0 Å². The fourth-order valence-electron chi connectivity index (χ4n) is 3.02. The average Bonchev–Trinajstić information content (AvgIpc) is 3.30. The van der Waals surface area contributed by atoms with E-state index in [2.05, 4.69) is 17.2 Å². The fraction of sp³-hybridized carbons (Fsp3) is 0.542. The molecule has 2 aromatic rings. The maximum atomic E-state index is 13.1. The van der Waals surface area contributed by atoms with Crippen LogP contribution in [0.5, 0.6) is 5.75 Å². The van der Waals surface area contributed by atoms with Gasteiger partial charge in [-0.1, -0.05) is 13.3 Å². The summed E-state index contributed by atoms with van der Waals surface area (Å²) < 4.78 is 21.2. The van der Waals surface area contributed by atoms with Crippen LogP contribution in [0, 0.1) is 0 Å². The minimum atomic E-state index is -0.322. The van der Waals surface area contributed by atoms with E-state index < -0.39 is 0 Å². The van der Waals surface area contributed by atoms with Crippen molar-refractivity contribution in [2.24, 2.45) is 0 Å². The monoisotopic (exact) mass is 461 g/mol. The highest BCUT2D eigenvalue weighted by Crippen LogP contribution is 2.16. The molecule has 0 radical (unpaired) electrons. The van der Waals surface area contributed by atoms with Crippen molar-refractivity contribution in [3.63, 3.8) is 0 Å². The molecular weight excluding hydrogens is 426 g/mol. The first kappa shape index (κ1) is 26.3. The highest BCUT2D eigenvalue weighted by Gasteiger charge is 2.20. The molecule has 33 heavy (non-hydrogen) atoms. The number of hydrogen-bond acceptors (Lipinski definition) is 7. The number of carbonyl (C=O) groups excluding carboxylic acids is 2. The van der Waals surface area contributed by atoms with Gasteiger partial charge in [0.05, 0.1) is 13.2 Å². The van der Waals surface area contributed by atoms with E-state index in [-0.39, 0.29) is 24.1 Å². The molecule has 0 saturated heterocycles. The Morgan fingerprint density at radius 1 is 1.03 bits per heavy atom. The number of carbonyl (C=O) groups is 2. The van der Waals surface area contributed by atoms with Crippen LogP contribution >= 0.6 is 0 Å². The van der Waals surface area contributed by atoms with Crippen molar-refractivity contribution in [1.82, 2.24) is 15.2 Å². The van der Waals surface area contributed by atoms with Crippen molar-refractivity contribution < 1.29 is 28.2 Å². The van der Waals surface area contributed by atoms with E-state index in [1.807, 2.05) is 0 Å². The minimum absolute atomic E-state index is 0.147. The molecule has 1 heterocycles. The number of unbranched alkanes of at least 4 members (excludes halogenated alkanes) is 1. The van der Waals surface area contributed by atoms with Crippen molar-refractivity contribution in [2.45, 2.75) is 39.2 Å². The van der Waals surface area contributed by atoms with Gasteiger partial charge in [-0.15, -0.1) is 0 Å². The molecule has 1 N–H and O–H groups in total. The van der Waals surface area contributed by atoms with Crippen molar-refractivity contribution in [3.8, 4) is 5.75 Å². The first-order valence-corrected chi connectivity index (χ1v) is 11.3.